The van der Waals surface area contributed by atoms with Gasteiger partial charge in [-0.1, -0.05) is 0 Å². The Labute approximate surface area is 80.7 Å². The van der Waals surface area contributed by atoms with Crippen LogP contribution < -0.4 is 10.6 Å². The molecule has 0 aromatic carbocycles. The van der Waals surface area contributed by atoms with Gasteiger partial charge in [0, 0.05) is 19.1 Å². The topological polar surface area (TPSA) is 44.4 Å². The normalized spacial score (nSPS) is 13.0. The van der Waals surface area contributed by atoms with Gasteiger partial charge >= 0.3 is 0 Å². The van der Waals surface area contributed by atoms with Gasteiger partial charge < -0.3 is 15.5 Å². The Hall–Kier alpha value is -0.610. The summed E-state index contributed by atoms with van der Waals surface area (Å²) in [6.07, 6.45) is 0. The second kappa shape index (κ2) is 6.86. The molecule has 0 bridgehead atoms. The van der Waals surface area contributed by atoms with Crippen molar-refractivity contribution in [2.24, 2.45) is 0 Å². The van der Waals surface area contributed by atoms with E-state index < -0.39 is 0 Å². The van der Waals surface area contributed by atoms with E-state index >= 15 is 0 Å². The maximum Gasteiger partial charge on any atom is 0.233 e. The summed E-state index contributed by atoms with van der Waals surface area (Å²) in [5.41, 5.74) is 0. The van der Waals surface area contributed by atoms with E-state index in [1.54, 1.807) is 0 Å². The zero-order valence-electron chi connectivity index (χ0n) is 9.05. The number of nitrogens with zero attached hydrogens (tertiary/aromatic N) is 1. The summed E-state index contributed by atoms with van der Waals surface area (Å²) in [6, 6.07) is 0.453. The Kier molecular flexibility index (Phi) is 6.54. The Balaban J connectivity index is 3.39. The molecule has 0 aromatic rings. The zero-order chi connectivity index (χ0) is 10.3. The molecule has 0 aliphatic heterocycles. The molecular weight excluding hydrogens is 166 g/mol. The molecule has 0 aliphatic rings. The van der Waals surface area contributed by atoms with E-state index in [1.807, 2.05) is 21.0 Å². The van der Waals surface area contributed by atoms with E-state index in [2.05, 4.69) is 22.5 Å². The summed E-state index contributed by atoms with van der Waals surface area (Å²) in [4.78, 5) is 13.1. The van der Waals surface area contributed by atoms with Crippen molar-refractivity contribution in [3.63, 3.8) is 0 Å². The van der Waals surface area contributed by atoms with Crippen LogP contribution in [0.1, 0.15) is 13.8 Å². The van der Waals surface area contributed by atoms with Crippen LogP contribution in [0.4, 0.5) is 0 Å². The minimum atomic E-state index is 0.0634. The second-order valence-corrected chi connectivity index (χ2v) is 3.40. The van der Waals surface area contributed by atoms with Crippen LogP contribution in [0.25, 0.3) is 0 Å². The first kappa shape index (κ1) is 12.4. The van der Waals surface area contributed by atoms with Gasteiger partial charge in [-0.25, -0.2) is 0 Å². The van der Waals surface area contributed by atoms with Gasteiger partial charge in [0.1, 0.15) is 0 Å². The summed E-state index contributed by atoms with van der Waals surface area (Å²) in [5, 5.41) is 5.83. The zero-order valence-corrected chi connectivity index (χ0v) is 9.05. The molecule has 78 valence electrons. The van der Waals surface area contributed by atoms with E-state index in [9.17, 15) is 4.79 Å². The molecule has 0 aromatic heterocycles. The molecule has 1 unspecified atom stereocenters. The molecule has 0 rings (SSSR count). The first-order valence-electron chi connectivity index (χ1n) is 4.71. The van der Waals surface area contributed by atoms with Crippen molar-refractivity contribution in [3.8, 4) is 0 Å². The number of amides is 1. The summed E-state index contributed by atoms with van der Waals surface area (Å²) < 4.78 is 0. The minimum Gasteiger partial charge on any atom is -0.355 e. The molecule has 1 amide bonds. The van der Waals surface area contributed by atoms with Crippen LogP contribution in [0.2, 0.25) is 0 Å². The van der Waals surface area contributed by atoms with Gasteiger partial charge in [-0.2, -0.15) is 0 Å². The Morgan fingerprint density at radius 1 is 1.46 bits per heavy atom. The largest absolute Gasteiger partial charge is 0.355 e. The first-order chi connectivity index (χ1) is 6.07. The van der Waals surface area contributed by atoms with Gasteiger partial charge in [0.05, 0.1) is 6.54 Å². The van der Waals surface area contributed by atoms with Crippen molar-refractivity contribution in [1.29, 1.82) is 0 Å². The summed E-state index contributed by atoms with van der Waals surface area (Å²) >= 11 is 0. The molecular formula is C9H21N3O. The molecule has 1 atom stereocenters. The van der Waals surface area contributed by atoms with E-state index in [1.165, 1.54) is 0 Å². The summed E-state index contributed by atoms with van der Waals surface area (Å²) in [7, 11) is 4.05. The third-order valence-electron chi connectivity index (χ3n) is 1.98. The number of carbonyl (C=O) groups excluding carboxylic acids is 1. The highest BCUT2D eigenvalue weighted by Crippen LogP contribution is 1.87. The van der Waals surface area contributed by atoms with Crippen molar-refractivity contribution in [2.45, 2.75) is 19.9 Å². The average molecular weight is 187 g/mol. The van der Waals surface area contributed by atoms with Gasteiger partial charge in [0.15, 0.2) is 0 Å². The van der Waals surface area contributed by atoms with Gasteiger partial charge in [-0.05, 0) is 27.9 Å². The van der Waals surface area contributed by atoms with Crippen LogP contribution in [-0.2, 0) is 4.79 Å². The Morgan fingerprint density at radius 3 is 2.54 bits per heavy atom. The van der Waals surface area contributed by atoms with Crippen molar-refractivity contribution in [3.05, 3.63) is 0 Å². The quantitative estimate of drug-likeness (QED) is 0.598. The molecule has 4 heteroatoms. The van der Waals surface area contributed by atoms with E-state index in [4.69, 9.17) is 0 Å². The summed E-state index contributed by atoms with van der Waals surface area (Å²) in [5.74, 6) is 0.0634. The predicted octanol–water partition coefficient (Wildman–Crippen LogP) is -0.338. The summed E-state index contributed by atoms with van der Waals surface area (Å²) in [6.45, 7) is 5.98. The van der Waals surface area contributed by atoms with Crippen molar-refractivity contribution < 1.29 is 4.79 Å². The molecule has 0 saturated heterocycles. The predicted molar refractivity (Wildman–Crippen MR) is 54.7 cm³/mol. The fourth-order valence-corrected chi connectivity index (χ4v) is 0.837. The number of hydrogen-bond donors (Lipinski definition) is 2. The lowest BCUT2D eigenvalue weighted by Crippen LogP contribution is -2.40. The van der Waals surface area contributed by atoms with E-state index in [0.717, 1.165) is 6.54 Å². The van der Waals surface area contributed by atoms with Crippen LogP contribution >= 0.6 is 0 Å². The minimum absolute atomic E-state index is 0.0634. The number of hydrogen-bond acceptors (Lipinski definition) is 3. The van der Waals surface area contributed by atoms with Crippen LogP contribution in [0.5, 0.6) is 0 Å². The van der Waals surface area contributed by atoms with Crippen LogP contribution in [0, 0.1) is 0 Å². The SMILES string of the molecule is CCNC(=O)CNCC(C)N(C)C. The maximum absolute atomic E-state index is 11.0. The lowest BCUT2D eigenvalue weighted by Gasteiger charge is -2.19. The third-order valence-corrected chi connectivity index (χ3v) is 1.98. The standard InChI is InChI=1S/C9H21N3O/c1-5-11-9(13)7-10-6-8(2)12(3)4/h8,10H,5-7H2,1-4H3,(H,11,13). The third kappa shape index (κ3) is 6.54. The number of rotatable bonds is 6. The average Bonchev–Trinajstić information content (AvgIpc) is 2.04. The van der Waals surface area contributed by atoms with Crippen molar-refractivity contribution in [1.82, 2.24) is 15.5 Å². The lowest BCUT2D eigenvalue weighted by molar-refractivity contribution is -0.120. The molecule has 4 nitrogen and oxygen atoms in total. The fourth-order valence-electron chi connectivity index (χ4n) is 0.837. The van der Waals surface area contributed by atoms with Gasteiger partial charge in [0.25, 0.3) is 0 Å². The molecule has 0 aliphatic carbocycles. The molecule has 13 heavy (non-hydrogen) atoms. The lowest BCUT2D eigenvalue weighted by atomic mass is 10.3. The number of likely N-dealkylation sites (N-methyl/N-ethyl adjacent to an activating group) is 2. The molecule has 0 heterocycles. The van der Waals surface area contributed by atoms with Gasteiger partial charge in [-0.15, -0.1) is 0 Å². The van der Waals surface area contributed by atoms with Crippen LogP contribution in [0.3, 0.4) is 0 Å². The second-order valence-electron chi connectivity index (χ2n) is 3.40. The highest BCUT2D eigenvalue weighted by Gasteiger charge is 2.04. The van der Waals surface area contributed by atoms with E-state index in [-0.39, 0.29) is 5.91 Å². The molecule has 0 spiro atoms. The van der Waals surface area contributed by atoms with Gasteiger partial charge in [-0.3, -0.25) is 4.79 Å². The highest BCUT2D eigenvalue weighted by atomic mass is 16.1. The van der Waals surface area contributed by atoms with Crippen LogP contribution in [-0.4, -0.2) is 50.6 Å². The fraction of sp³-hybridized carbons (Fsp3) is 0.889. The molecule has 0 radical (unpaired) electrons. The number of nitrogens with one attached hydrogen (secondary N) is 2. The molecule has 0 saturated carbocycles. The smallest absolute Gasteiger partial charge is 0.233 e. The maximum atomic E-state index is 11.0. The van der Waals surface area contributed by atoms with Crippen molar-refractivity contribution in [2.75, 3.05) is 33.7 Å². The first-order valence-corrected chi connectivity index (χ1v) is 4.71. The Bertz CT molecular complexity index is 148. The monoisotopic (exact) mass is 187 g/mol. The van der Waals surface area contributed by atoms with Gasteiger partial charge in [0.2, 0.25) is 5.91 Å². The van der Waals surface area contributed by atoms with Crippen LogP contribution in [0.15, 0.2) is 0 Å². The van der Waals surface area contributed by atoms with Crippen molar-refractivity contribution >= 4 is 5.91 Å². The Morgan fingerprint density at radius 2 is 2.08 bits per heavy atom. The van der Waals surface area contributed by atoms with E-state index in [0.29, 0.717) is 19.1 Å². The highest BCUT2D eigenvalue weighted by molar-refractivity contribution is 5.77. The molecule has 0 fully saturated rings. The number of carbonyl (C=O) groups is 1. The molecule has 2 N–H and O–H groups in total.